The second-order valence-electron chi connectivity index (χ2n) is 7.95. The highest BCUT2D eigenvalue weighted by Crippen LogP contribution is 2.39. The molecule has 0 bridgehead atoms. The van der Waals surface area contributed by atoms with Gasteiger partial charge >= 0.3 is 0 Å². The number of carbonyl (C=O) groups is 1. The van der Waals surface area contributed by atoms with E-state index in [9.17, 15) is 14.9 Å². The Bertz CT molecular complexity index is 959. The summed E-state index contributed by atoms with van der Waals surface area (Å²) < 4.78 is 6.12. The third-order valence-corrected chi connectivity index (χ3v) is 9.21. The average molecular weight is 398 g/mol. The molecule has 2 rings (SSSR count). The maximum Gasteiger partial charge on any atom is 0.296 e. The maximum atomic E-state index is 12.4. The van der Waals surface area contributed by atoms with E-state index in [1.807, 2.05) is 6.07 Å². The van der Waals surface area contributed by atoms with Crippen LogP contribution in [0.15, 0.2) is 42.5 Å². The molecule has 1 amide bonds. The fourth-order valence-corrected chi connectivity index (χ4v) is 3.23. The molecule has 0 fully saturated rings. The van der Waals surface area contributed by atoms with Crippen molar-refractivity contribution in [1.82, 2.24) is 0 Å². The quantitative estimate of drug-likeness (QED) is 0.429. The summed E-state index contributed by atoms with van der Waals surface area (Å²) in [6, 6.07) is 12.5. The van der Waals surface area contributed by atoms with Crippen molar-refractivity contribution in [3.63, 3.8) is 0 Å². The molecule has 0 aliphatic carbocycles. The molecule has 0 radical (unpaired) electrons. The molecule has 0 heterocycles. The minimum absolute atomic E-state index is 0.0551. The number of hydrogen-bond donors (Lipinski definition) is 1. The lowest BCUT2D eigenvalue weighted by atomic mass is 10.1. The highest BCUT2D eigenvalue weighted by Gasteiger charge is 2.39. The fraction of sp³-hybridized carbons (Fsp3) is 0.300. The smallest absolute Gasteiger partial charge is 0.296 e. The van der Waals surface area contributed by atoms with Crippen LogP contribution in [0, 0.1) is 21.4 Å². The highest BCUT2D eigenvalue weighted by molar-refractivity contribution is 6.74. The number of hydrogen-bond acceptors (Lipinski definition) is 5. The van der Waals surface area contributed by atoms with Gasteiger partial charge in [-0.15, -0.1) is 0 Å². The number of carbonyl (C=O) groups excluding carboxylic acids is 1. The lowest BCUT2D eigenvalue weighted by molar-refractivity contribution is -0.384. The summed E-state index contributed by atoms with van der Waals surface area (Å²) in [4.78, 5) is 23.4. The zero-order valence-corrected chi connectivity index (χ0v) is 17.6. The Morgan fingerprint density at radius 1 is 1.21 bits per heavy atom. The summed E-state index contributed by atoms with van der Waals surface area (Å²) in [5.74, 6) is -0.124. The first-order chi connectivity index (χ1) is 12.9. The van der Waals surface area contributed by atoms with Gasteiger partial charge in [0, 0.05) is 5.56 Å². The first-order valence-corrected chi connectivity index (χ1v) is 11.6. The first-order valence-electron chi connectivity index (χ1n) is 8.73. The number of nitrogens with zero attached hydrogens (tertiary/aromatic N) is 2. The maximum absolute atomic E-state index is 12.4. The van der Waals surface area contributed by atoms with Crippen LogP contribution in [0.5, 0.6) is 5.75 Å². The van der Waals surface area contributed by atoms with E-state index in [1.165, 1.54) is 24.3 Å². The van der Waals surface area contributed by atoms with Gasteiger partial charge in [0.25, 0.3) is 11.6 Å². The molecule has 0 aromatic heterocycles. The van der Waals surface area contributed by atoms with E-state index < -0.39 is 19.1 Å². The van der Waals surface area contributed by atoms with Crippen molar-refractivity contribution in [2.24, 2.45) is 0 Å². The van der Waals surface area contributed by atoms with E-state index in [4.69, 9.17) is 9.69 Å². The minimum atomic E-state index is -2.16. The largest absolute Gasteiger partial charge is 0.543 e. The number of anilines is 1. The molecule has 0 spiro atoms. The number of nitro groups is 1. The standard InChI is InChI=1S/C20H23N3O4Si/c1-20(2,3)28(4,5)27-16-9-10-17(18(12-16)23(25)26)22-19(24)15-8-6-7-14(11-15)13-21/h6-12H,1-5H3,(H,22,24). The van der Waals surface area contributed by atoms with Crippen molar-refractivity contribution in [3.05, 3.63) is 63.7 Å². The Labute approximate surface area is 165 Å². The van der Waals surface area contributed by atoms with Crippen LogP contribution in [-0.4, -0.2) is 19.1 Å². The minimum Gasteiger partial charge on any atom is -0.543 e. The van der Waals surface area contributed by atoms with Crippen molar-refractivity contribution in [2.75, 3.05) is 5.32 Å². The molecule has 8 heteroatoms. The normalized spacial score (nSPS) is 11.4. The van der Waals surface area contributed by atoms with E-state index in [2.05, 4.69) is 39.2 Å². The van der Waals surface area contributed by atoms with Gasteiger partial charge in [-0.2, -0.15) is 5.26 Å². The SMILES string of the molecule is CC(C)(C)[Si](C)(C)Oc1ccc(NC(=O)c2cccc(C#N)c2)c([N+](=O)[O-])c1. The number of rotatable bonds is 5. The fourth-order valence-electron chi connectivity index (χ4n) is 2.20. The molecule has 0 aliphatic heterocycles. The average Bonchev–Trinajstić information content (AvgIpc) is 2.61. The molecule has 1 N–H and O–H groups in total. The first kappa shape index (κ1) is 21.1. The molecule has 0 saturated carbocycles. The van der Waals surface area contributed by atoms with Crippen LogP contribution in [0.1, 0.15) is 36.7 Å². The van der Waals surface area contributed by atoms with Gasteiger partial charge in [-0.1, -0.05) is 26.8 Å². The Hall–Kier alpha value is -3.18. The van der Waals surface area contributed by atoms with Crippen molar-refractivity contribution in [1.29, 1.82) is 5.26 Å². The van der Waals surface area contributed by atoms with Crippen LogP contribution in [0.3, 0.4) is 0 Å². The predicted octanol–water partition coefficient (Wildman–Crippen LogP) is 5.10. The number of nitriles is 1. The van der Waals surface area contributed by atoms with Gasteiger partial charge < -0.3 is 9.74 Å². The van der Waals surface area contributed by atoms with Crippen molar-refractivity contribution >= 4 is 25.6 Å². The van der Waals surface area contributed by atoms with Crippen molar-refractivity contribution < 1.29 is 14.1 Å². The van der Waals surface area contributed by atoms with Crippen LogP contribution in [-0.2, 0) is 0 Å². The van der Waals surface area contributed by atoms with E-state index in [0.29, 0.717) is 11.3 Å². The second-order valence-corrected chi connectivity index (χ2v) is 12.7. The van der Waals surface area contributed by atoms with E-state index in [0.717, 1.165) is 0 Å². The Balaban J connectivity index is 2.32. The zero-order valence-electron chi connectivity index (χ0n) is 16.6. The number of nitro benzene ring substituents is 1. The lowest BCUT2D eigenvalue weighted by Gasteiger charge is -2.36. The van der Waals surface area contributed by atoms with Crippen LogP contribution < -0.4 is 9.74 Å². The second kappa shape index (κ2) is 7.82. The van der Waals surface area contributed by atoms with E-state index >= 15 is 0 Å². The zero-order chi connectivity index (χ0) is 21.1. The van der Waals surface area contributed by atoms with Gasteiger partial charge in [0.1, 0.15) is 11.4 Å². The molecule has 28 heavy (non-hydrogen) atoms. The van der Waals surface area contributed by atoms with Gasteiger partial charge in [0.05, 0.1) is 22.6 Å². The van der Waals surface area contributed by atoms with E-state index in [-0.39, 0.29) is 22.0 Å². The Morgan fingerprint density at radius 2 is 1.89 bits per heavy atom. The predicted molar refractivity (Wildman–Crippen MR) is 110 cm³/mol. The summed E-state index contributed by atoms with van der Waals surface area (Å²) in [7, 11) is -2.16. The van der Waals surface area contributed by atoms with Crippen molar-refractivity contribution in [2.45, 2.75) is 38.9 Å². The molecular formula is C20H23N3O4Si. The number of amides is 1. The van der Waals surface area contributed by atoms with Crippen LogP contribution >= 0.6 is 0 Å². The molecule has 0 atom stereocenters. The molecule has 0 saturated heterocycles. The highest BCUT2D eigenvalue weighted by atomic mass is 28.4. The third-order valence-electron chi connectivity index (χ3n) is 4.85. The Morgan fingerprint density at radius 3 is 2.46 bits per heavy atom. The van der Waals surface area contributed by atoms with Gasteiger partial charge in [-0.05, 0) is 48.5 Å². The summed E-state index contributed by atoms with van der Waals surface area (Å²) in [6.45, 7) is 10.3. The van der Waals surface area contributed by atoms with Crippen LogP contribution in [0.25, 0.3) is 0 Å². The van der Waals surface area contributed by atoms with Crippen molar-refractivity contribution in [3.8, 4) is 11.8 Å². The van der Waals surface area contributed by atoms with Gasteiger partial charge in [0.2, 0.25) is 8.32 Å². The lowest BCUT2D eigenvalue weighted by Crippen LogP contribution is -2.43. The van der Waals surface area contributed by atoms with Gasteiger partial charge in [-0.3, -0.25) is 14.9 Å². The molecule has 0 unspecified atom stereocenters. The van der Waals surface area contributed by atoms with Crippen LogP contribution in [0.2, 0.25) is 18.1 Å². The molecule has 7 nitrogen and oxygen atoms in total. The van der Waals surface area contributed by atoms with E-state index in [1.54, 1.807) is 18.2 Å². The number of benzene rings is 2. The molecule has 0 aliphatic rings. The van der Waals surface area contributed by atoms with Gasteiger partial charge in [0.15, 0.2) is 0 Å². The third kappa shape index (κ3) is 4.75. The summed E-state index contributed by atoms with van der Waals surface area (Å²) in [5, 5.41) is 23.0. The topological polar surface area (TPSA) is 105 Å². The van der Waals surface area contributed by atoms with Crippen LogP contribution in [0.4, 0.5) is 11.4 Å². The monoisotopic (exact) mass is 397 g/mol. The summed E-state index contributed by atoms with van der Waals surface area (Å²) >= 11 is 0. The Kier molecular flexibility index (Phi) is 5.90. The molecule has 2 aromatic rings. The summed E-state index contributed by atoms with van der Waals surface area (Å²) in [6.07, 6.45) is 0. The summed E-state index contributed by atoms with van der Waals surface area (Å²) in [5.41, 5.74) is 0.399. The molecule has 146 valence electrons. The number of nitrogens with one attached hydrogen (secondary N) is 1. The molecule has 2 aromatic carbocycles. The van der Waals surface area contributed by atoms with Gasteiger partial charge in [-0.25, -0.2) is 0 Å². The molecular weight excluding hydrogens is 374 g/mol.